The summed E-state index contributed by atoms with van der Waals surface area (Å²) in [5.41, 5.74) is -0.115. The molecule has 1 heterocycles. The van der Waals surface area contributed by atoms with Gasteiger partial charge in [-0.2, -0.15) is 15.0 Å². The molecule has 0 aromatic carbocycles. The Morgan fingerprint density at radius 3 is 1.03 bits per heavy atom. The predicted octanol–water partition coefficient (Wildman–Crippen LogP) is 6.97. The molecule has 0 spiro atoms. The van der Waals surface area contributed by atoms with E-state index in [-0.39, 0.29) is 5.41 Å². The molecule has 0 fully saturated rings. The van der Waals surface area contributed by atoms with Crippen molar-refractivity contribution in [1.82, 2.24) is 15.0 Å². The number of rotatable bonds is 14. The van der Waals surface area contributed by atoms with Gasteiger partial charge in [-0.3, -0.25) is 0 Å². The van der Waals surface area contributed by atoms with Crippen LogP contribution in [0.4, 0.5) is 11.9 Å². The molecule has 0 aliphatic heterocycles. The van der Waals surface area contributed by atoms with E-state index in [2.05, 4.69) is 86.0 Å². The molecule has 0 amide bonds. The van der Waals surface area contributed by atoms with E-state index >= 15 is 0 Å². The SMILES string of the molecule is CC(C)CCN(CCC(C)C)c1nc(N(CCC(C)C)CCC(C)C)nc(C(C)(C)C)n1. The van der Waals surface area contributed by atoms with Crippen molar-refractivity contribution in [3.05, 3.63) is 5.82 Å². The van der Waals surface area contributed by atoms with Crippen molar-refractivity contribution in [2.45, 2.75) is 107 Å². The Bertz CT molecular complexity index is 576. The minimum absolute atomic E-state index is 0.115. The van der Waals surface area contributed by atoms with Gasteiger partial charge in [0, 0.05) is 31.6 Å². The van der Waals surface area contributed by atoms with Crippen LogP contribution in [0, 0.1) is 23.7 Å². The number of hydrogen-bond acceptors (Lipinski definition) is 5. The summed E-state index contributed by atoms with van der Waals surface area (Å²) in [5.74, 6) is 5.26. The summed E-state index contributed by atoms with van der Waals surface area (Å²) in [7, 11) is 0. The van der Waals surface area contributed by atoms with Crippen LogP contribution in [0.1, 0.15) is 108 Å². The number of aromatic nitrogens is 3. The molecule has 0 N–H and O–H groups in total. The first-order valence-electron chi connectivity index (χ1n) is 13.1. The van der Waals surface area contributed by atoms with Crippen LogP contribution in [0.15, 0.2) is 0 Å². The Labute approximate surface area is 199 Å². The Morgan fingerprint density at radius 2 is 0.812 bits per heavy atom. The quantitative estimate of drug-likeness (QED) is 0.308. The normalized spacial score (nSPS) is 12.5. The highest BCUT2D eigenvalue weighted by atomic mass is 15.3. The third kappa shape index (κ3) is 11.0. The fraction of sp³-hybridized carbons (Fsp3) is 0.889. The van der Waals surface area contributed by atoms with Gasteiger partial charge in [-0.1, -0.05) is 76.2 Å². The summed E-state index contributed by atoms with van der Waals surface area (Å²) in [4.78, 5) is 19.9. The highest BCUT2D eigenvalue weighted by Crippen LogP contribution is 2.25. The van der Waals surface area contributed by atoms with Crippen molar-refractivity contribution in [3.8, 4) is 0 Å². The van der Waals surface area contributed by atoms with Crippen molar-refractivity contribution in [2.75, 3.05) is 36.0 Å². The summed E-state index contributed by atoms with van der Waals surface area (Å²) in [6.07, 6.45) is 4.59. The van der Waals surface area contributed by atoms with E-state index in [1.165, 1.54) is 0 Å². The summed E-state index contributed by atoms with van der Waals surface area (Å²) < 4.78 is 0. The number of hydrogen-bond donors (Lipinski definition) is 0. The molecule has 5 heteroatoms. The van der Waals surface area contributed by atoms with Gasteiger partial charge in [-0.25, -0.2) is 0 Å². The largest absolute Gasteiger partial charge is 0.341 e. The lowest BCUT2D eigenvalue weighted by Gasteiger charge is -2.30. The van der Waals surface area contributed by atoms with Crippen molar-refractivity contribution in [2.24, 2.45) is 23.7 Å². The Kier molecular flexibility index (Phi) is 11.9. The first-order chi connectivity index (χ1) is 14.8. The molecule has 1 aromatic rings. The number of nitrogens with zero attached hydrogens (tertiary/aromatic N) is 5. The second-order valence-electron chi connectivity index (χ2n) is 12.2. The maximum absolute atomic E-state index is 5.09. The van der Waals surface area contributed by atoms with Crippen molar-refractivity contribution >= 4 is 11.9 Å². The van der Waals surface area contributed by atoms with E-state index in [1.54, 1.807) is 0 Å². The van der Waals surface area contributed by atoms with Gasteiger partial charge in [-0.15, -0.1) is 0 Å². The van der Waals surface area contributed by atoms with Crippen LogP contribution in [-0.4, -0.2) is 41.1 Å². The molecular weight excluding hydrogens is 394 g/mol. The first-order valence-corrected chi connectivity index (χ1v) is 13.1. The van der Waals surface area contributed by atoms with E-state index in [1.807, 2.05) is 0 Å². The maximum atomic E-state index is 5.09. The smallest absolute Gasteiger partial charge is 0.230 e. The second kappa shape index (κ2) is 13.3. The van der Waals surface area contributed by atoms with Crippen LogP contribution in [0.2, 0.25) is 0 Å². The van der Waals surface area contributed by atoms with Crippen LogP contribution in [0.25, 0.3) is 0 Å². The molecule has 0 atom stereocenters. The maximum Gasteiger partial charge on any atom is 0.230 e. The van der Waals surface area contributed by atoms with Gasteiger partial charge in [0.15, 0.2) is 0 Å². The Hall–Kier alpha value is -1.39. The Morgan fingerprint density at radius 1 is 0.531 bits per heavy atom. The highest BCUT2D eigenvalue weighted by molar-refractivity contribution is 5.40. The molecular formula is C27H53N5. The van der Waals surface area contributed by atoms with Gasteiger partial charge in [0.1, 0.15) is 5.82 Å². The minimum Gasteiger partial charge on any atom is -0.341 e. The molecule has 0 radical (unpaired) electrons. The standard InChI is InChI=1S/C27H53N5/c1-20(2)12-16-31(17-13-21(3)4)25-28-24(27(9,10)11)29-26(30-25)32(18-14-22(5)6)19-15-23(7)8/h20-23H,12-19H2,1-11H3. The van der Waals surface area contributed by atoms with Crippen LogP contribution < -0.4 is 9.80 Å². The highest BCUT2D eigenvalue weighted by Gasteiger charge is 2.24. The zero-order valence-electron chi connectivity index (χ0n) is 23.2. The van der Waals surface area contributed by atoms with Crippen molar-refractivity contribution in [3.63, 3.8) is 0 Å². The number of anilines is 2. The lowest BCUT2D eigenvalue weighted by Crippen LogP contribution is -2.34. The predicted molar refractivity (Wildman–Crippen MR) is 141 cm³/mol. The molecule has 0 saturated heterocycles. The molecule has 0 saturated carbocycles. The van der Waals surface area contributed by atoms with Gasteiger partial charge in [-0.05, 0) is 49.4 Å². The van der Waals surface area contributed by atoms with E-state index in [4.69, 9.17) is 15.0 Å². The zero-order valence-corrected chi connectivity index (χ0v) is 23.2. The fourth-order valence-corrected chi connectivity index (χ4v) is 3.25. The average Bonchev–Trinajstić information content (AvgIpc) is 2.66. The second-order valence-corrected chi connectivity index (χ2v) is 12.2. The first kappa shape index (κ1) is 28.6. The molecule has 1 rings (SSSR count). The van der Waals surface area contributed by atoms with E-state index in [0.29, 0.717) is 23.7 Å². The molecule has 0 bridgehead atoms. The molecule has 1 aromatic heterocycles. The van der Waals surface area contributed by atoms with Gasteiger partial charge in [0.25, 0.3) is 0 Å². The van der Waals surface area contributed by atoms with Crippen LogP contribution >= 0.6 is 0 Å². The Balaban J connectivity index is 3.40. The lowest BCUT2D eigenvalue weighted by atomic mass is 9.96. The molecule has 0 aliphatic rings. The molecule has 0 unspecified atom stereocenters. The van der Waals surface area contributed by atoms with Gasteiger partial charge in [0.05, 0.1) is 0 Å². The minimum atomic E-state index is -0.115. The molecule has 186 valence electrons. The summed E-state index contributed by atoms with van der Waals surface area (Å²) in [6.45, 7) is 28.9. The van der Waals surface area contributed by atoms with E-state index < -0.39 is 0 Å². The van der Waals surface area contributed by atoms with Crippen LogP contribution in [0.3, 0.4) is 0 Å². The summed E-state index contributed by atoms with van der Waals surface area (Å²) in [5, 5.41) is 0. The lowest BCUT2D eigenvalue weighted by molar-refractivity contribution is 0.507. The third-order valence-corrected chi connectivity index (χ3v) is 5.75. The zero-order chi connectivity index (χ0) is 24.5. The molecule has 32 heavy (non-hydrogen) atoms. The van der Waals surface area contributed by atoms with Crippen LogP contribution in [-0.2, 0) is 5.41 Å². The van der Waals surface area contributed by atoms with Crippen molar-refractivity contribution in [1.29, 1.82) is 0 Å². The average molecular weight is 448 g/mol. The monoisotopic (exact) mass is 447 g/mol. The van der Waals surface area contributed by atoms with E-state index in [0.717, 1.165) is 69.6 Å². The topological polar surface area (TPSA) is 45.2 Å². The molecule has 5 nitrogen and oxygen atoms in total. The van der Waals surface area contributed by atoms with Crippen molar-refractivity contribution < 1.29 is 0 Å². The van der Waals surface area contributed by atoms with Crippen LogP contribution in [0.5, 0.6) is 0 Å². The third-order valence-electron chi connectivity index (χ3n) is 5.75. The van der Waals surface area contributed by atoms with Gasteiger partial charge in [0.2, 0.25) is 11.9 Å². The molecule has 0 aliphatic carbocycles. The summed E-state index contributed by atoms with van der Waals surface area (Å²) >= 11 is 0. The van der Waals surface area contributed by atoms with Gasteiger partial charge < -0.3 is 9.80 Å². The van der Waals surface area contributed by atoms with E-state index in [9.17, 15) is 0 Å². The summed E-state index contributed by atoms with van der Waals surface area (Å²) in [6, 6.07) is 0. The van der Waals surface area contributed by atoms with Gasteiger partial charge >= 0.3 is 0 Å². The fourth-order valence-electron chi connectivity index (χ4n) is 3.25.